The average molecular weight is 812 g/mol. The van der Waals surface area contributed by atoms with Crippen LogP contribution in [-0.4, -0.2) is 76.9 Å². The summed E-state index contributed by atoms with van der Waals surface area (Å²) in [4.78, 5) is 58.4. The Labute approximate surface area is 334 Å². The number of hydrogen-bond donors (Lipinski definition) is 4. The first-order valence-corrected chi connectivity index (χ1v) is 22.2. The minimum atomic E-state index is -4.77. The van der Waals surface area contributed by atoms with E-state index in [0.717, 1.165) is 57.8 Å². The number of aliphatic hydroxyl groups excluding tert-OH is 1. The number of carbonyl (C=O) groups excluding carboxylic acids is 3. The van der Waals surface area contributed by atoms with Crippen molar-refractivity contribution in [3.05, 3.63) is 48.6 Å². The molecule has 14 heteroatoms. The van der Waals surface area contributed by atoms with E-state index < -0.39 is 63.8 Å². The first-order chi connectivity index (χ1) is 26.9. The van der Waals surface area contributed by atoms with E-state index in [9.17, 15) is 33.7 Å². The van der Waals surface area contributed by atoms with Crippen LogP contribution in [-0.2, 0) is 42.3 Å². The number of ketones is 1. The first kappa shape index (κ1) is 51.1. The zero-order chi connectivity index (χ0) is 41.4. The summed E-state index contributed by atoms with van der Waals surface area (Å²) in [6.45, 7) is 2.45. The lowest BCUT2D eigenvalue weighted by Gasteiger charge is -2.20. The molecule has 0 heterocycles. The highest BCUT2D eigenvalue weighted by Gasteiger charge is 2.29. The summed E-state index contributed by atoms with van der Waals surface area (Å²) in [5.41, 5.74) is 5.32. The fourth-order valence-electron chi connectivity index (χ4n) is 5.87. The molecule has 56 heavy (non-hydrogen) atoms. The molecular weight excluding hydrogens is 741 g/mol. The number of rotatable bonds is 35. The first-order valence-electron chi connectivity index (χ1n) is 20.7. The highest BCUT2D eigenvalue weighted by molar-refractivity contribution is 7.47. The fourth-order valence-corrected chi connectivity index (χ4v) is 6.65. The van der Waals surface area contributed by atoms with Crippen molar-refractivity contribution in [1.82, 2.24) is 0 Å². The molecule has 0 fully saturated rings. The summed E-state index contributed by atoms with van der Waals surface area (Å²) in [5.74, 6) is -2.89. The maximum Gasteiger partial charge on any atom is 0.472 e. The molecule has 0 amide bonds. The van der Waals surface area contributed by atoms with Crippen molar-refractivity contribution in [3.63, 3.8) is 0 Å². The van der Waals surface area contributed by atoms with Crippen molar-refractivity contribution in [1.29, 1.82) is 0 Å². The maximum atomic E-state index is 12.7. The Morgan fingerprint density at radius 2 is 1.39 bits per heavy atom. The van der Waals surface area contributed by atoms with E-state index in [1.807, 2.05) is 18.2 Å². The molecule has 0 aromatic carbocycles. The summed E-state index contributed by atoms with van der Waals surface area (Å²) in [7, 11) is -4.77. The van der Waals surface area contributed by atoms with Crippen LogP contribution < -0.4 is 5.73 Å². The van der Waals surface area contributed by atoms with E-state index in [1.165, 1.54) is 25.7 Å². The lowest BCUT2D eigenvalue weighted by Crippen LogP contribution is -2.34. The van der Waals surface area contributed by atoms with Gasteiger partial charge >= 0.3 is 25.7 Å². The molecule has 1 unspecified atom stereocenters. The Kier molecular flexibility index (Phi) is 29.3. The fraction of sp³-hybridized carbons (Fsp3) is 0.714. The van der Waals surface area contributed by atoms with Gasteiger partial charge in [-0.1, -0.05) is 114 Å². The van der Waals surface area contributed by atoms with Crippen LogP contribution in [0.15, 0.2) is 48.6 Å². The van der Waals surface area contributed by atoms with Crippen molar-refractivity contribution in [2.45, 2.75) is 161 Å². The zero-order valence-corrected chi connectivity index (χ0v) is 34.7. The van der Waals surface area contributed by atoms with Gasteiger partial charge in [0.2, 0.25) is 0 Å². The van der Waals surface area contributed by atoms with Crippen molar-refractivity contribution in [2.75, 3.05) is 19.8 Å². The number of carboxylic acid groups (broad SMARTS) is 1. The molecule has 0 saturated carbocycles. The van der Waals surface area contributed by atoms with E-state index in [4.69, 9.17) is 24.8 Å². The van der Waals surface area contributed by atoms with Gasteiger partial charge in [-0.15, -0.1) is 0 Å². The molecule has 1 rings (SSSR count). The number of aliphatic hydroxyl groups is 1. The molecule has 0 radical (unpaired) electrons. The summed E-state index contributed by atoms with van der Waals surface area (Å²) in [6, 6.07) is -1.56. The predicted octanol–water partition coefficient (Wildman–Crippen LogP) is 8.23. The minimum Gasteiger partial charge on any atom is -0.480 e. The Hall–Kier alpha value is -2.93. The molecule has 0 bridgehead atoms. The second-order valence-corrected chi connectivity index (χ2v) is 15.9. The molecule has 0 aromatic heterocycles. The number of allylic oxidation sites excluding steroid dienone is 7. The van der Waals surface area contributed by atoms with Crippen molar-refractivity contribution in [3.8, 4) is 0 Å². The summed E-state index contributed by atoms with van der Waals surface area (Å²) in [5, 5.41) is 19.1. The number of unbranched alkanes of at least 4 members (excludes halogenated alkanes) is 12. The van der Waals surface area contributed by atoms with Gasteiger partial charge in [-0.3, -0.25) is 28.2 Å². The predicted molar refractivity (Wildman–Crippen MR) is 216 cm³/mol. The topological polar surface area (TPSA) is 209 Å². The SMILES string of the molecule is CCCCCC/C=C\CCCCCCCC(=O)OC[C@H](COP(=O)(O)OC[C@H](N)C(=O)O)OC(=O)CCC/C=C\C[C@H]1C=CC(=O)[C@@H]1/C=C/[C@@H](O)CCCCC. The van der Waals surface area contributed by atoms with Gasteiger partial charge in [0.15, 0.2) is 11.9 Å². The molecule has 0 saturated heterocycles. The van der Waals surface area contributed by atoms with Crippen molar-refractivity contribution < 1.29 is 57.4 Å². The van der Waals surface area contributed by atoms with Crippen LogP contribution in [0.4, 0.5) is 0 Å². The lowest BCUT2D eigenvalue weighted by atomic mass is 9.90. The zero-order valence-electron chi connectivity index (χ0n) is 33.8. The van der Waals surface area contributed by atoms with Crippen LogP contribution >= 0.6 is 7.82 Å². The molecule has 320 valence electrons. The Morgan fingerprint density at radius 1 is 0.804 bits per heavy atom. The quantitative estimate of drug-likeness (QED) is 0.0206. The second kappa shape index (κ2) is 32.1. The van der Waals surface area contributed by atoms with E-state index in [-0.39, 0.29) is 30.5 Å². The molecule has 1 aliphatic rings. The number of phosphoric acid groups is 1. The van der Waals surface area contributed by atoms with Crippen LogP contribution in [0.3, 0.4) is 0 Å². The Balaban J connectivity index is 2.52. The van der Waals surface area contributed by atoms with E-state index >= 15 is 0 Å². The van der Waals surface area contributed by atoms with Gasteiger partial charge in [-0.2, -0.15) is 0 Å². The smallest absolute Gasteiger partial charge is 0.472 e. The molecule has 0 aliphatic heterocycles. The van der Waals surface area contributed by atoms with Crippen molar-refractivity contribution >= 4 is 31.5 Å². The molecule has 6 atom stereocenters. The Bertz CT molecular complexity index is 1280. The molecule has 13 nitrogen and oxygen atoms in total. The summed E-state index contributed by atoms with van der Waals surface area (Å²) >= 11 is 0. The van der Waals surface area contributed by atoms with Crippen molar-refractivity contribution in [2.24, 2.45) is 17.6 Å². The number of hydrogen-bond acceptors (Lipinski definition) is 11. The second-order valence-electron chi connectivity index (χ2n) is 14.4. The van der Waals surface area contributed by atoms with E-state index in [2.05, 4.69) is 30.5 Å². The highest BCUT2D eigenvalue weighted by atomic mass is 31.2. The average Bonchev–Trinajstić information content (AvgIpc) is 3.52. The number of nitrogens with two attached hydrogens (primary N) is 1. The standard InChI is InChI=1S/C42H70NO12P/c1-3-5-7-8-9-10-11-12-13-14-15-16-21-25-40(46)52-31-36(32-53-56(50,51)54-33-38(43)42(48)49)55-41(47)26-22-18-17-20-23-34-27-30-39(45)37(34)29-28-35(44)24-19-6-4-2/h10-11,17,20,27-30,34-38,44H,3-9,12-16,18-19,21-26,31-33,43H2,1-2H3,(H,48,49)(H,50,51)/b11-10-,20-17-,29-28+/t34-,35-,36+,37+,38-/m0/s1. The highest BCUT2D eigenvalue weighted by Crippen LogP contribution is 2.43. The number of ether oxygens (including phenoxy) is 2. The maximum absolute atomic E-state index is 12.7. The number of aliphatic carboxylic acids is 1. The summed E-state index contributed by atoms with van der Waals surface area (Å²) < 4.78 is 32.6. The van der Waals surface area contributed by atoms with E-state index in [1.54, 1.807) is 18.2 Å². The Morgan fingerprint density at radius 3 is 2.09 bits per heavy atom. The van der Waals surface area contributed by atoms with Gasteiger partial charge in [0.05, 0.1) is 19.3 Å². The van der Waals surface area contributed by atoms with Crippen LogP contribution in [0.5, 0.6) is 0 Å². The lowest BCUT2D eigenvalue weighted by molar-refractivity contribution is -0.161. The van der Waals surface area contributed by atoms with Gasteiger partial charge in [0, 0.05) is 18.8 Å². The number of esters is 2. The largest absolute Gasteiger partial charge is 0.480 e. The number of carboxylic acids is 1. The molecule has 0 spiro atoms. The molecule has 1 aliphatic carbocycles. The molecule has 0 aromatic rings. The van der Waals surface area contributed by atoms with Crippen LogP contribution in [0.25, 0.3) is 0 Å². The number of carbonyl (C=O) groups is 4. The number of phosphoric ester groups is 1. The van der Waals surface area contributed by atoms with Gasteiger partial charge in [-0.25, -0.2) is 4.57 Å². The van der Waals surface area contributed by atoms with Gasteiger partial charge in [-0.05, 0) is 69.8 Å². The molecule has 5 N–H and O–H groups in total. The van der Waals surface area contributed by atoms with Gasteiger partial charge < -0.3 is 30.3 Å². The minimum absolute atomic E-state index is 0.00733. The monoisotopic (exact) mass is 811 g/mol. The van der Waals surface area contributed by atoms with Gasteiger partial charge in [0.1, 0.15) is 12.6 Å². The van der Waals surface area contributed by atoms with Crippen LogP contribution in [0.2, 0.25) is 0 Å². The summed E-state index contributed by atoms with van der Waals surface area (Å²) in [6.07, 6.45) is 31.0. The van der Waals surface area contributed by atoms with Gasteiger partial charge in [0.25, 0.3) is 0 Å². The van der Waals surface area contributed by atoms with Crippen LogP contribution in [0, 0.1) is 11.8 Å². The van der Waals surface area contributed by atoms with E-state index in [0.29, 0.717) is 32.1 Å². The third kappa shape index (κ3) is 26.8. The molecular formula is C42H70NO12P. The normalized spacial score (nSPS) is 18.5. The third-order valence-corrected chi connectivity index (χ3v) is 10.2. The van der Waals surface area contributed by atoms with Crippen LogP contribution in [0.1, 0.15) is 142 Å². The third-order valence-electron chi connectivity index (χ3n) is 9.30.